The fraction of sp³-hybridized carbons (Fsp3) is 0.318. The van der Waals surface area contributed by atoms with E-state index < -0.39 is 0 Å². The zero-order valence-corrected chi connectivity index (χ0v) is 17.9. The van der Waals surface area contributed by atoms with Crippen LogP contribution < -0.4 is 14.2 Å². The number of Topliss-reactive ketones (excluding diaryl/α,β-unsaturated/α-hetero) is 1. The van der Waals surface area contributed by atoms with E-state index >= 15 is 0 Å². The minimum absolute atomic E-state index is 0.0876. The van der Waals surface area contributed by atoms with Crippen LogP contribution in [-0.4, -0.2) is 43.2 Å². The molecule has 0 amide bonds. The summed E-state index contributed by atoms with van der Waals surface area (Å²) in [6.45, 7) is 0. The molecule has 1 aliphatic heterocycles. The zero-order chi connectivity index (χ0) is 19.9. The molecule has 0 unspecified atom stereocenters. The summed E-state index contributed by atoms with van der Waals surface area (Å²) < 4.78 is 16.4. The summed E-state index contributed by atoms with van der Waals surface area (Å²) in [5, 5.41) is 0. The largest absolute Gasteiger partial charge is 0.496 e. The summed E-state index contributed by atoms with van der Waals surface area (Å²) in [6, 6.07) is 13.4. The molecule has 3 rings (SSSR count). The van der Waals surface area contributed by atoms with Gasteiger partial charge in [-0.2, -0.15) is 0 Å². The van der Waals surface area contributed by atoms with E-state index in [1.54, 1.807) is 57.0 Å². The van der Waals surface area contributed by atoms with Gasteiger partial charge in [0, 0.05) is 17.7 Å². The maximum absolute atomic E-state index is 13.4. The summed E-state index contributed by atoms with van der Waals surface area (Å²) in [7, 11) is 4.80. The number of ketones is 1. The second-order valence-corrected chi connectivity index (χ2v) is 8.89. The topological polar surface area (TPSA) is 44.8 Å². The highest BCUT2D eigenvalue weighted by Crippen LogP contribution is 2.39. The Morgan fingerprint density at radius 2 is 1.57 bits per heavy atom. The first-order valence-corrected chi connectivity index (χ1v) is 11.1. The van der Waals surface area contributed by atoms with Crippen LogP contribution in [0.1, 0.15) is 17.5 Å². The fourth-order valence-electron chi connectivity index (χ4n) is 3.00. The quantitative estimate of drug-likeness (QED) is 0.467. The van der Waals surface area contributed by atoms with Crippen molar-refractivity contribution in [3.8, 4) is 17.2 Å². The molecule has 0 saturated carbocycles. The van der Waals surface area contributed by atoms with Gasteiger partial charge in [0.05, 0.1) is 26.9 Å². The zero-order valence-electron chi connectivity index (χ0n) is 16.3. The Morgan fingerprint density at radius 1 is 0.964 bits per heavy atom. The monoisotopic (exact) mass is 416 g/mol. The summed E-state index contributed by atoms with van der Waals surface area (Å²) in [5.74, 6) is 3.99. The SMILES string of the molecule is COc1cc(OC)c(C=C(C(=O)C2SCCCS2)c2ccccc2)c(OC)c1. The Labute approximate surface area is 174 Å². The van der Waals surface area contributed by atoms with Crippen molar-refractivity contribution in [2.45, 2.75) is 11.0 Å². The van der Waals surface area contributed by atoms with E-state index in [1.165, 1.54) is 0 Å². The first kappa shape index (κ1) is 20.7. The summed E-state index contributed by atoms with van der Waals surface area (Å²) in [6.07, 6.45) is 3.02. The molecule has 0 spiro atoms. The third-order valence-corrected chi connectivity index (χ3v) is 7.33. The Morgan fingerprint density at radius 3 is 2.11 bits per heavy atom. The number of carbonyl (C=O) groups excluding carboxylic acids is 1. The number of hydrogen-bond donors (Lipinski definition) is 0. The number of rotatable bonds is 7. The van der Waals surface area contributed by atoms with Crippen LogP contribution in [-0.2, 0) is 4.79 Å². The van der Waals surface area contributed by atoms with Crippen LogP contribution in [0, 0.1) is 0 Å². The average molecular weight is 417 g/mol. The van der Waals surface area contributed by atoms with E-state index in [0.717, 1.165) is 29.1 Å². The van der Waals surface area contributed by atoms with Gasteiger partial charge < -0.3 is 14.2 Å². The van der Waals surface area contributed by atoms with Crippen molar-refractivity contribution in [2.75, 3.05) is 32.8 Å². The molecule has 1 aliphatic rings. The van der Waals surface area contributed by atoms with Crippen molar-refractivity contribution < 1.29 is 19.0 Å². The van der Waals surface area contributed by atoms with Gasteiger partial charge in [0.1, 0.15) is 21.8 Å². The number of carbonyl (C=O) groups is 1. The first-order valence-electron chi connectivity index (χ1n) is 9.02. The molecule has 1 saturated heterocycles. The van der Waals surface area contributed by atoms with Crippen molar-refractivity contribution in [1.29, 1.82) is 0 Å². The predicted octanol–water partition coefficient (Wildman–Crippen LogP) is 5.02. The van der Waals surface area contributed by atoms with Crippen molar-refractivity contribution in [3.05, 3.63) is 53.6 Å². The van der Waals surface area contributed by atoms with Gasteiger partial charge >= 0.3 is 0 Å². The highest BCUT2D eigenvalue weighted by Gasteiger charge is 2.27. The number of methoxy groups -OCH3 is 3. The molecule has 0 aromatic heterocycles. The normalized spacial score (nSPS) is 15.2. The lowest BCUT2D eigenvalue weighted by atomic mass is 9.98. The molecule has 0 N–H and O–H groups in total. The molecule has 0 radical (unpaired) electrons. The number of allylic oxidation sites excluding steroid dienone is 1. The second kappa shape index (κ2) is 9.94. The van der Waals surface area contributed by atoms with Crippen molar-refractivity contribution in [1.82, 2.24) is 0 Å². The molecule has 2 aromatic rings. The van der Waals surface area contributed by atoms with Crippen LogP contribution in [0.25, 0.3) is 11.6 Å². The smallest absolute Gasteiger partial charge is 0.186 e. The molecule has 1 heterocycles. The number of hydrogen-bond acceptors (Lipinski definition) is 6. The predicted molar refractivity (Wildman–Crippen MR) is 119 cm³/mol. The Bertz CT molecular complexity index is 818. The Hall–Kier alpha value is -2.05. The van der Waals surface area contributed by atoms with Crippen LogP contribution in [0.3, 0.4) is 0 Å². The third kappa shape index (κ3) is 4.67. The minimum Gasteiger partial charge on any atom is -0.496 e. The third-order valence-electron chi connectivity index (χ3n) is 4.43. The molecule has 28 heavy (non-hydrogen) atoms. The fourth-order valence-corrected chi connectivity index (χ4v) is 5.75. The van der Waals surface area contributed by atoms with Crippen LogP contribution in [0.4, 0.5) is 0 Å². The van der Waals surface area contributed by atoms with Gasteiger partial charge in [0.2, 0.25) is 0 Å². The van der Waals surface area contributed by atoms with Crippen molar-refractivity contribution in [3.63, 3.8) is 0 Å². The minimum atomic E-state index is -0.0876. The second-order valence-electron chi connectivity index (χ2n) is 6.16. The highest BCUT2D eigenvalue weighted by atomic mass is 32.2. The van der Waals surface area contributed by atoms with Gasteiger partial charge in [-0.15, -0.1) is 23.5 Å². The molecular formula is C22H24O4S2. The molecule has 6 heteroatoms. The number of benzene rings is 2. The van der Waals surface area contributed by atoms with Crippen molar-refractivity contribution >= 4 is 41.0 Å². The lowest BCUT2D eigenvalue weighted by molar-refractivity contribution is -0.112. The standard InChI is InChI=1S/C22H24O4S2/c1-24-16-12-19(25-2)18(20(13-16)26-3)14-17(15-8-5-4-6-9-15)21(23)22-27-10-7-11-28-22/h4-6,8-9,12-14,22H,7,10-11H2,1-3H3. The van der Waals surface area contributed by atoms with Crippen LogP contribution >= 0.6 is 23.5 Å². The maximum Gasteiger partial charge on any atom is 0.186 e. The van der Waals surface area contributed by atoms with Gasteiger partial charge in [0.15, 0.2) is 5.78 Å². The highest BCUT2D eigenvalue weighted by molar-refractivity contribution is 8.18. The molecule has 148 valence electrons. The van der Waals surface area contributed by atoms with Crippen LogP contribution in [0.2, 0.25) is 0 Å². The molecule has 2 aromatic carbocycles. The molecule has 0 atom stereocenters. The van der Waals surface area contributed by atoms with Gasteiger partial charge in [-0.3, -0.25) is 4.79 Å². The number of ether oxygens (including phenoxy) is 3. The Balaban J connectivity index is 2.12. The Kier molecular flexibility index (Phi) is 7.34. The van der Waals surface area contributed by atoms with E-state index in [2.05, 4.69) is 0 Å². The number of thioether (sulfide) groups is 2. The van der Waals surface area contributed by atoms with Gasteiger partial charge in [-0.25, -0.2) is 0 Å². The van der Waals surface area contributed by atoms with E-state index in [1.807, 2.05) is 36.4 Å². The summed E-state index contributed by atoms with van der Waals surface area (Å²) in [5.41, 5.74) is 2.28. The molecular weight excluding hydrogens is 392 g/mol. The lowest BCUT2D eigenvalue weighted by Gasteiger charge is -2.21. The molecule has 4 nitrogen and oxygen atoms in total. The van der Waals surface area contributed by atoms with Gasteiger partial charge in [0.25, 0.3) is 0 Å². The molecule has 1 fully saturated rings. The van der Waals surface area contributed by atoms with E-state index in [0.29, 0.717) is 22.8 Å². The first-order chi connectivity index (χ1) is 13.7. The molecule has 0 aliphatic carbocycles. The maximum atomic E-state index is 13.4. The molecule has 0 bridgehead atoms. The lowest BCUT2D eigenvalue weighted by Crippen LogP contribution is -2.19. The van der Waals surface area contributed by atoms with Crippen molar-refractivity contribution in [2.24, 2.45) is 0 Å². The summed E-state index contributed by atoms with van der Waals surface area (Å²) >= 11 is 3.44. The summed E-state index contributed by atoms with van der Waals surface area (Å²) in [4.78, 5) is 13.4. The van der Waals surface area contributed by atoms with E-state index in [-0.39, 0.29) is 10.4 Å². The van der Waals surface area contributed by atoms with Gasteiger partial charge in [-0.1, -0.05) is 30.3 Å². The van der Waals surface area contributed by atoms with E-state index in [9.17, 15) is 4.79 Å². The van der Waals surface area contributed by atoms with Crippen LogP contribution in [0.5, 0.6) is 17.2 Å². The van der Waals surface area contributed by atoms with Crippen LogP contribution in [0.15, 0.2) is 42.5 Å². The average Bonchev–Trinajstić information content (AvgIpc) is 2.77. The van der Waals surface area contributed by atoms with Gasteiger partial charge in [-0.05, 0) is 29.6 Å². The van der Waals surface area contributed by atoms with E-state index in [4.69, 9.17) is 14.2 Å².